The minimum Gasteiger partial charge on any atom is -0.312 e. The Bertz CT molecular complexity index is 440. The Morgan fingerprint density at radius 1 is 1.41 bits per heavy atom. The summed E-state index contributed by atoms with van der Waals surface area (Å²) in [6.45, 7) is 5.98. The van der Waals surface area contributed by atoms with Crippen molar-refractivity contribution >= 4 is 21.4 Å². The van der Waals surface area contributed by atoms with Gasteiger partial charge in [-0.15, -0.1) is 11.3 Å². The van der Waals surface area contributed by atoms with E-state index in [0.29, 0.717) is 18.0 Å². The molecule has 4 nitrogen and oxygen atoms in total. The normalized spacial score (nSPS) is 12.2. The van der Waals surface area contributed by atoms with Gasteiger partial charge in [0.15, 0.2) is 0 Å². The SMILES string of the molecule is CCCN(C)S(=O)(=O)c1ccsc1CNCC. The summed E-state index contributed by atoms with van der Waals surface area (Å²) in [5.74, 6) is 0. The van der Waals surface area contributed by atoms with Gasteiger partial charge in [-0.3, -0.25) is 0 Å². The lowest BCUT2D eigenvalue weighted by molar-refractivity contribution is 0.468. The lowest BCUT2D eigenvalue weighted by atomic mass is 10.4. The molecule has 0 aliphatic heterocycles. The van der Waals surface area contributed by atoms with Crippen molar-refractivity contribution in [2.75, 3.05) is 20.1 Å². The summed E-state index contributed by atoms with van der Waals surface area (Å²) in [6, 6.07) is 1.69. The van der Waals surface area contributed by atoms with E-state index in [-0.39, 0.29) is 0 Å². The maximum atomic E-state index is 12.3. The molecule has 0 bridgehead atoms. The second kappa shape index (κ2) is 6.49. The van der Waals surface area contributed by atoms with Crippen LogP contribution in [0.5, 0.6) is 0 Å². The first-order chi connectivity index (χ1) is 8.04. The predicted octanol–water partition coefficient (Wildman–Crippen LogP) is 1.89. The number of nitrogens with one attached hydrogen (secondary N) is 1. The average Bonchev–Trinajstić information content (AvgIpc) is 2.75. The summed E-state index contributed by atoms with van der Waals surface area (Å²) in [6.07, 6.45) is 0.822. The average molecular weight is 276 g/mol. The fourth-order valence-electron chi connectivity index (χ4n) is 1.53. The van der Waals surface area contributed by atoms with Crippen molar-refractivity contribution in [1.82, 2.24) is 9.62 Å². The highest BCUT2D eigenvalue weighted by Gasteiger charge is 2.23. The van der Waals surface area contributed by atoms with Gasteiger partial charge in [0.2, 0.25) is 10.0 Å². The van der Waals surface area contributed by atoms with Crippen LogP contribution < -0.4 is 5.32 Å². The Balaban J connectivity index is 2.94. The van der Waals surface area contributed by atoms with Gasteiger partial charge in [-0.1, -0.05) is 13.8 Å². The van der Waals surface area contributed by atoms with Crippen LogP contribution in [-0.4, -0.2) is 32.9 Å². The molecule has 0 aliphatic rings. The quantitative estimate of drug-likeness (QED) is 0.827. The summed E-state index contributed by atoms with van der Waals surface area (Å²) in [5.41, 5.74) is 0. The first-order valence-electron chi connectivity index (χ1n) is 5.77. The zero-order chi connectivity index (χ0) is 12.9. The maximum Gasteiger partial charge on any atom is 0.243 e. The highest BCUT2D eigenvalue weighted by Crippen LogP contribution is 2.24. The number of hydrogen-bond acceptors (Lipinski definition) is 4. The third-order valence-corrected chi connectivity index (χ3v) is 5.46. The molecule has 0 unspecified atom stereocenters. The van der Waals surface area contributed by atoms with Crippen LogP contribution in [0.15, 0.2) is 16.3 Å². The number of hydrogen-bond donors (Lipinski definition) is 1. The molecule has 0 aliphatic carbocycles. The van der Waals surface area contributed by atoms with Crippen molar-refractivity contribution in [3.8, 4) is 0 Å². The standard InChI is InChI=1S/C11H20N2O2S2/c1-4-7-13(3)17(14,15)11-6-8-16-10(11)9-12-5-2/h6,8,12H,4-5,7,9H2,1-3H3. The molecule has 1 aromatic rings. The van der Waals surface area contributed by atoms with E-state index >= 15 is 0 Å². The van der Waals surface area contributed by atoms with Crippen LogP contribution in [-0.2, 0) is 16.6 Å². The van der Waals surface area contributed by atoms with Gasteiger partial charge >= 0.3 is 0 Å². The molecule has 0 fully saturated rings. The molecule has 6 heteroatoms. The van der Waals surface area contributed by atoms with Gasteiger partial charge < -0.3 is 5.32 Å². The van der Waals surface area contributed by atoms with E-state index in [9.17, 15) is 8.42 Å². The third kappa shape index (κ3) is 3.51. The van der Waals surface area contributed by atoms with Gasteiger partial charge in [0.25, 0.3) is 0 Å². The van der Waals surface area contributed by atoms with Crippen molar-refractivity contribution in [2.45, 2.75) is 31.7 Å². The zero-order valence-corrected chi connectivity index (χ0v) is 12.2. The molecule has 0 saturated carbocycles. The van der Waals surface area contributed by atoms with E-state index in [0.717, 1.165) is 17.8 Å². The van der Waals surface area contributed by atoms with Gasteiger partial charge in [-0.2, -0.15) is 0 Å². The molecular weight excluding hydrogens is 256 g/mol. The summed E-state index contributed by atoms with van der Waals surface area (Å²) in [5, 5.41) is 4.99. The van der Waals surface area contributed by atoms with Gasteiger partial charge in [-0.05, 0) is 24.4 Å². The van der Waals surface area contributed by atoms with Crippen LogP contribution in [0.3, 0.4) is 0 Å². The fourth-order valence-corrected chi connectivity index (χ4v) is 4.17. The topological polar surface area (TPSA) is 49.4 Å². The van der Waals surface area contributed by atoms with Crippen LogP contribution in [0.1, 0.15) is 25.1 Å². The Morgan fingerprint density at radius 3 is 2.71 bits per heavy atom. The first kappa shape index (κ1) is 14.6. The lowest BCUT2D eigenvalue weighted by Crippen LogP contribution is -2.28. The molecule has 1 heterocycles. The molecule has 1 rings (SSSR count). The summed E-state index contributed by atoms with van der Waals surface area (Å²) < 4.78 is 26.0. The highest BCUT2D eigenvalue weighted by atomic mass is 32.2. The second-order valence-electron chi connectivity index (χ2n) is 3.81. The largest absolute Gasteiger partial charge is 0.312 e. The van der Waals surface area contributed by atoms with Crippen LogP contribution in [0, 0.1) is 0 Å². The molecule has 0 amide bonds. The highest BCUT2D eigenvalue weighted by molar-refractivity contribution is 7.89. The molecule has 1 aromatic heterocycles. The van der Waals surface area contributed by atoms with Gasteiger partial charge in [0, 0.05) is 25.0 Å². The molecule has 0 spiro atoms. The van der Waals surface area contributed by atoms with Gasteiger partial charge in [0.05, 0.1) is 4.90 Å². The predicted molar refractivity (Wildman–Crippen MR) is 71.8 cm³/mol. The minimum absolute atomic E-state index is 0.444. The third-order valence-electron chi connectivity index (χ3n) is 2.47. The van der Waals surface area contributed by atoms with Crippen molar-refractivity contribution in [3.63, 3.8) is 0 Å². The number of nitrogens with zero attached hydrogens (tertiary/aromatic N) is 1. The van der Waals surface area contributed by atoms with E-state index in [4.69, 9.17) is 0 Å². The van der Waals surface area contributed by atoms with E-state index < -0.39 is 10.0 Å². The summed E-state index contributed by atoms with van der Waals surface area (Å²) in [7, 11) is -1.68. The minimum atomic E-state index is -3.32. The van der Waals surface area contributed by atoms with Crippen molar-refractivity contribution in [3.05, 3.63) is 16.3 Å². The molecule has 1 N–H and O–H groups in total. The Kier molecular flexibility index (Phi) is 5.58. The van der Waals surface area contributed by atoms with E-state index in [1.54, 1.807) is 13.1 Å². The molecule has 0 saturated heterocycles. The van der Waals surface area contributed by atoms with E-state index in [2.05, 4.69) is 5.32 Å². The summed E-state index contributed by atoms with van der Waals surface area (Å²) in [4.78, 5) is 1.33. The Labute approximate surface area is 108 Å². The van der Waals surface area contributed by atoms with Crippen molar-refractivity contribution < 1.29 is 8.42 Å². The van der Waals surface area contributed by atoms with Gasteiger partial charge in [-0.25, -0.2) is 12.7 Å². The van der Waals surface area contributed by atoms with Crippen molar-refractivity contribution in [1.29, 1.82) is 0 Å². The second-order valence-corrected chi connectivity index (χ2v) is 6.83. The number of thiophene rings is 1. The van der Waals surface area contributed by atoms with E-state index in [1.165, 1.54) is 15.6 Å². The van der Waals surface area contributed by atoms with Gasteiger partial charge in [0.1, 0.15) is 0 Å². The van der Waals surface area contributed by atoms with Crippen LogP contribution in [0.2, 0.25) is 0 Å². The smallest absolute Gasteiger partial charge is 0.243 e. The first-order valence-corrected chi connectivity index (χ1v) is 8.09. The molecule has 98 valence electrons. The number of rotatable bonds is 7. The molecule has 17 heavy (non-hydrogen) atoms. The zero-order valence-electron chi connectivity index (χ0n) is 10.6. The number of sulfonamides is 1. The van der Waals surface area contributed by atoms with E-state index in [1.807, 2.05) is 19.2 Å². The molecule has 0 atom stereocenters. The molecule has 0 aromatic carbocycles. The van der Waals surface area contributed by atoms with Crippen LogP contribution in [0.4, 0.5) is 0 Å². The molecule has 0 radical (unpaired) electrons. The van der Waals surface area contributed by atoms with Crippen molar-refractivity contribution in [2.24, 2.45) is 0 Å². The maximum absolute atomic E-state index is 12.3. The summed E-state index contributed by atoms with van der Waals surface area (Å²) >= 11 is 1.48. The fraction of sp³-hybridized carbons (Fsp3) is 0.636. The van der Waals surface area contributed by atoms with Crippen LogP contribution in [0.25, 0.3) is 0 Å². The Hall–Kier alpha value is -0.430. The lowest BCUT2D eigenvalue weighted by Gasteiger charge is -2.16. The Morgan fingerprint density at radius 2 is 2.12 bits per heavy atom. The van der Waals surface area contributed by atoms with Crippen LogP contribution >= 0.6 is 11.3 Å². The monoisotopic (exact) mass is 276 g/mol. The molecular formula is C11H20N2O2S2.